The van der Waals surface area contributed by atoms with Crippen LogP contribution in [0.1, 0.15) is 27.1 Å². The van der Waals surface area contributed by atoms with Crippen molar-refractivity contribution < 1.29 is 23.9 Å². The average Bonchev–Trinajstić information content (AvgIpc) is 2.84. The minimum absolute atomic E-state index is 0.147. The number of hydrogen-bond donors (Lipinski definition) is 1. The number of nitrogens with one attached hydrogen (secondary N) is 1. The first-order chi connectivity index (χ1) is 12.5. The van der Waals surface area contributed by atoms with E-state index in [4.69, 9.17) is 9.47 Å². The van der Waals surface area contributed by atoms with Crippen LogP contribution in [0.15, 0.2) is 42.5 Å². The van der Waals surface area contributed by atoms with Gasteiger partial charge in [0, 0.05) is 18.5 Å². The average molecular weight is 354 g/mol. The molecule has 134 valence electrons. The van der Waals surface area contributed by atoms with Gasteiger partial charge >= 0.3 is 5.97 Å². The number of ether oxygens (including phenoxy) is 2. The molecule has 26 heavy (non-hydrogen) atoms. The Morgan fingerprint density at radius 3 is 2.62 bits per heavy atom. The van der Waals surface area contributed by atoms with Crippen molar-refractivity contribution in [1.29, 1.82) is 0 Å². The highest BCUT2D eigenvalue weighted by atomic mass is 16.5. The van der Waals surface area contributed by atoms with E-state index in [9.17, 15) is 14.4 Å². The zero-order chi connectivity index (χ0) is 18.7. The van der Waals surface area contributed by atoms with Crippen LogP contribution in [0, 0.1) is 0 Å². The molecule has 0 spiro atoms. The molecule has 2 aromatic carbocycles. The molecule has 3 rings (SSSR count). The molecule has 0 radical (unpaired) electrons. The lowest BCUT2D eigenvalue weighted by Gasteiger charge is -2.22. The maximum absolute atomic E-state index is 13.1. The molecule has 0 unspecified atom stereocenters. The summed E-state index contributed by atoms with van der Waals surface area (Å²) in [5, 5.41) is 2.79. The van der Waals surface area contributed by atoms with Gasteiger partial charge in [-0.1, -0.05) is 12.1 Å². The maximum atomic E-state index is 13.1. The highest BCUT2D eigenvalue weighted by Gasteiger charge is 2.26. The van der Waals surface area contributed by atoms with Crippen LogP contribution in [0.4, 0.5) is 11.4 Å². The Hall–Kier alpha value is -3.35. The Balaban J connectivity index is 1.99. The number of methoxy groups -OCH3 is 2. The third-order valence-electron chi connectivity index (χ3n) is 4.13. The predicted octanol–water partition coefficient (Wildman–Crippen LogP) is 2.47. The Morgan fingerprint density at radius 1 is 1.12 bits per heavy atom. The second-order valence-electron chi connectivity index (χ2n) is 5.68. The second kappa shape index (κ2) is 7.26. The van der Waals surface area contributed by atoms with Crippen LogP contribution in [-0.2, 0) is 9.53 Å². The van der Waals surface area contributed by atoms with E-state index in [1.165, 1.54) is 26.4 Å². The largest absolute Gasteiger partial charge is 0.496 e. The number of anilines is 2. The van der Waals surface area contributed by atoms with Gasteiger partial charge in [-0.2, -0.15) is 0 Å². The van der Waals surface area contributed by atoms with Crippen molar-refractivity contribution >= 4 is 29.2 Å². The summed E-state index contributed by atoms with van der Waals surface area (Å²) in [5.74, 6) is -0.731. The predicted molar refractivity (Wildman–Crippen MR) is 95.7 cm³/mol. The van der Waals surface area contributed by atoms with E-state index in [-0.39, 0.29) is 36.1 Å². The molecule has 1 N–H and O–H groups in total. The quantitative estimate of drug-likeness (QED) is 0.856. The molecular weight excluding hydrogens is 336 g/mol. The van der Waals surface area contributed by atoms with Crippen LogP contribution in [0.5, 0.6) is 5.75 Å². The van der Waals surface area contributed by atoms with Gasteiger partial charge in [-0.05, 0) is 30.3 Å². The van der Waals surface area contributed by atoms with Gasteiger partial charge in [0.25, 0.3) is 5.91 Å². The summed E-state index contributed by atoms with van der Waals surface area (Å²) in [4.78, 5) is 38.3. The van der Waals surface area contributed by atoms with E-state index in [2.05, 4.69) is 5.32 Å². The topological polar surface area (TPSA) is 84.9 Å². The number of carbonyl (C=O) groups is 3. The van der Waals surface area contributed by atoms with Gasteiger partial charge in [-0.15, -0.1) is 0 Å². The summed E-state index contributed by atoms with van der Waals surface area (Å²) in [6, 6.07) is 11.7. The number of rotatable bonds is 3. The number of para-hydroxylation sites is 2. The molecule has 0 aromatic heterocycles. The molecular formula is C19H18N2O5. The Morgan fingerprint density at radius 2 is 1.88 bits per heavy atom. The first-order valence-corrected chi connectivity index (χ1v) is 8.02. The summed E-state index contributed by atoms with van der Waals surface area (Å²) in [6.45, 7) is 0.253. The number of fused-ring (bicyclic) bond motifs is 1. The van der Waals surface area contributed by atoms with Crippen molar-refractivity contribution in [3.05, 3.63) is 53.6 Å². The molecule has 2 amide bonds. The Kier molecular flexibility index (Phi) is 4.88. The van der Waals surface area contributed by atoms with Crippen molar-refractivity contribution in [3.63, 3.8) is 0 Å². The molecule has 0 fully saturated rings. The zero-order valence-electron chi connectivity index (χ0n) is 14.4. The lowest BCUT2D eigenvalue weighted by molar-refractivity contribution is -0.115. The molecule has 1 aliphatic heterocycles. The number of hydrogen-bond acceptors (Lipinski definition) is 5. The smallest absolute Gasteiger partial charge is 0.341 e. The first-order valence-electron chi connectivity index (χ1n) is 8.02. The van der Waals surface area contributed by atoms with Crippen molar-refractivity contribution in [2.75, 3.05) is 31.0 Å². The summed E-state index contributed by atoms with van der Waals surface area (Å²) < 4.78 is 9.93. The van der Waals surface area contributed by atoms with Crippen LogP contribution < -0.4 is 15.0 Å². The van der Waals surface area contributed by atoms with E-state index in [1.54, 1.807) is 35.2 Å². The van der Waals surface area contributed by atoms with Gasteiger partial charge in [0.2, 0.25) is 5.91 Å². The molecule has 7 heteroatoms. The number of nitrogens with zero attached hydrogens (tertiary/aromatic N) is 1. The lowest BCUT2D eigenvalue weighted by atomic mass is 10.1. The molecule has 1 aliphatic rings. The highest BCUT2D eigenvalue weighted by molar-refractivity contribution is 6.11. The number of amides is 2. The number of carbonyl (C=O) groups excluding carboxylic acids is 3. The van der Waals surface area contributed by atoms with Crippen molar-refractivity contribution in [1.82, 2.24) is 0 Å². The van der Waals surface area contributed by atoms with E-state index < -0.39 is 5.97 Å². The molecule has 7 nitrogen and oxygen atoms in total. The monoisotopic (exact) mass is 354 g/mol. The summed E-state index contributed by atoms with van der Waals surface area (Å²) in [6.07, 6.45) is 0.192. The van der Waals surface area contributed by atoms with Gasteiger partial charge in [0.1, 0.15) is 11.3 Å². The fraction of sp³-hybridized carbons (Fsp3) is 0.211. The third-order valence-corrected chi connectivity index (χ3v) is 4.13. The molecule has 2 aromatic rings. The van der Waals surface area contributed by atoms with Crippen LogP contribution in [0.25, 0.3) is 0 Å². The van der Waals surface area contributed by atoms with Gasteiger partial charge in [-0.3, -0.25) is 9.59 Å². The van der Waals surface area contributed by atoms with Crippen LogP contribution in [0.3, 0.4) is 0 Å². The maximum Gasteiger partial charge on any atom is 0.341 e. The van der Waals surface area contributed by atoms with E-state index >= 15 is 0 Å². The summed E-state index contributed by atoms with van der Waals surface area (Å²) >= 11 is 0. The Bertz CT molecular complexity index is 878. The van der Waals surface area contributed by atoms with E-state index in [0.717, 1.165) is 0 Å². The van der Waals surface area contributed by atoms with Gasteiger partial charge in [0.05, 0.1) is 25.6 Å². The Labute approximate surface area is 150 Å². The van der Waals surface area contributed by atoms with E-state index in [0.29, 0.717) is 16.9 Å². The first kappa shape index (κ1) is 17.5. The van der Waals surface area contributed by atoms with Gasteiger partial charge in [-0.25, -0.2) is 4.79 Å². The zero-order valence-corrected chi connectivity index (χ0v) is 14.4. The van der Waals surface area contributed by atoms with Crippen LogP contribution >= 0.6 is 0 Å². The fourth-order valence-electron chi connectivity index (χ4n) is 2.83. The standard InChI is InChI=1S/C19H18N2O5/c1-25-16-11-12(7-8-13(16)19(24)26-2)18(23)21-10-9-17(22)20-14-5-3-4-6-15(14)21/h3-8,11H,9-10H2,1-2H3,(H,20,22). The van der Waals surface area contributed by atoms with E-state index in [1.807, 2.05) is 0 Å². The SMILES string of the molecule is COC(=O)c1ccc(C(=O)N2CCC(=O)Nc3ccccc32)cc1OC. The van der Waals surface area contributed by atoms with Crippen LogP contribution in [0.2, 0.25) is 0 Å². The van der Waals surface area contributed by atoms with Crippen molar-refractivity contribution in [2.45, 2.75) is 6.42 Å². The van der Waals surface area contributed by atoms with Gasteiger partial charge < -0.3 is 19.7 Å². The van der Waals surface area contributed by atoms with Crippen LogP contribution in [-0.4, -0.2) is 38.5 Å². The number of benzene rings is 2. The molecule has 0 saturated heterocycles. The third kappa shape index (κ3) is 3.23. The van der Waals surface area contributed by atoms with Crippen molar-refractivity contribution in [2.24, 2.45) is 0 Å². The molecule has 0 bridgehead atoms. The normalized spacial score (nSPS) is 13.3. The molecule has 1 heterocycles. The number of esters is 1. The van der Waals surface area contributed by atoms with Crippen molar-refractivity contribution in [3.8, 4) is 5.75 Å². The minimum atomic E-state index is -0.546. The minimum Gasteiger partial charge on any atom is -0.496 e. The second-order valence-corrected chi connectivity index (χ2v) is 5.68. The molecule has 0 saturated carbocycles. The molecule has 0 atom stereocenters. The fourth-order valence-corrected chi connectivity index (χ4v) is 2.83. The summed E-state index contributed by atoms with van der Waals surface area (Å²) in [7, 11) is 2.69. The van der Waals surface area contributed by atoms with Gasteiger partial charge in [0.15, 0.2) is 0 Å². The lowest BCUT2D eigenvalue weighted by Crippen LogP contribution is -2.32. The highest BCUT2D eigenvalue weighted by Crippen LogP contribution is 2.30. The molecule has 0 aliphatic carbocycles. The summed E-state index contributed by atoms with van der Waals surface area (Å²) in [5.41, 5.74) is 1.79.